The van der Waals surface area contributed by atoms with E-state index in [0.717, 1.165) is 44.3 Å². The van der Waals surface area contributed by atoms with Gasteiger partial charge in [0.05, 0.1) is 11.5 Å². The zero-order valence-corrected chi connectivity index (χ0v) is 20.9. The van der Waals surface area contributed by atoms with Crippen molar-refractivity contribution in [3.63, 3.8) is 0 Å². The van der Waals surface area contributed by atoms with E-state index in [-0.39, 0.29) is 42.6 Å². The Labute approximate surface area is 211 Å². The number of nitrogens with zero attached hydrogens (tertiary/aromatic N) is 3. The summed E-state index contributed by atoms with van der Waals surface area (Å²) in [6.45, 7) is 2.05. The molecule has 3 fully saturated rings. The lowest BCUT2D eigenvalue weighted by Crippen LogP contribution is -2.52. The molecule has 2 aromatic rings. The average Bonchev–Trinajstić information content (AvgIpc) is 3.46. The van der Waals surface area contributed by atoms with Crippen LogP contribution in [-0.2, 0) is 19.8 Å². The molecule has 35 heavy (non-hydrogen) atoms. The fourth-order valence-electron chi connectivity index (χ4n) is 6.13. The number of benzene rings is 2. The monoisotopic (exact) mass is 493 g/mol. The lowest BCUT2D eigenvalue weighted by molar-refractivity contribution is -0.146. The molecule has 2 heterocycles. The van der Waals surface area contributed by atoms with Crippen LogP contribution in [0.1, 0.15) is 55.7 Å². The summed E-state index contributed by atoms with van der Waals surface area (Å²) in [4.78, 5) is 46.9. The largest absolute Gasteiger partial charge is 0.333 e. The van der Waals surface area contributed by atoms with Gasteiger partial charge in [-0.2, -0.15) is 0 Å². The van der Waals surface area contributed by atoms with Gasteiger partial charge in [-0.3, -0.25) is 19.3 Å². The molecule has 5 rings (SSSR count). The summed E-state index contributed by atoms with van der Waals surface area (Å²) in [6, 6.07) is 17.0. The highest BCUT2D eigenvalue weighted by atomic mass is 35.5. The van der Waals surface area contributed by atoms with Crippen LogP contribution in [0, 0.1) is 0 Å². The van der Waals surface area contributed by atoms with E-state index < -0.39 is 5.41 Å². The molecule has 2 saturated heterocycles. The number of piperazine rings is 1. The molecular weight excluding hydrogens is 462 g/mol. The van der Waals surface area contributed by atoms with Crippen LogP contribution in [0.25, 0.3) is 0 Å². The number of likely N-dealkylation sites (tertiary alicyclic amines) is 1. The van der Waals surface area contributed by atoms with Crippen LogP contribution >= 0.6 is 11.6 Å². The Balaban J connectivity index is 1.51. The molecule has 1 saturated carbocycles. The van der Waals surface area contributed by atoms with Crippen molar-refractivity contribution in [1.29, 1.82) is 0 Å². The summed E-state index contributed by atoms with van der Waals surface area (Å²) >= 11 is 6.61. The lowest BCUT2D eigenvalue weighted by Gasteiger charge is -2.42. The molecule has 0 radical (unpaired) electrons. The Morgan fingerprint density at radius 2 is 1.69 bits per heavy atom. The van der Waals surface area contributed by atoms with Crippen molar-refractivity contribution in [3.05, 3.63) is 70.7 Å². The van der Waals surface area contributed by atoms with Crippen LogP contribution in [-0.4, -0.2) is 65.1 Å². The first kappa shape index (κ1) is 24.0. The van der Waals surface area contributed by atoms with Crippen molar-refractivity contribution >= 4 is 29.3 Å². The van der Waals surface area contributed by atoms with Gasteiger partial charge >= 0.3 is 0 Å². The number of carbonyl (C=O) groups excluding carboxylic acids is 3. The number of carbonyl (C=O) groups is 3. The molecule has 0 spiro atoms. The molecular formula is C28H32ClN3O3. The fourth-order valence-corrected chi connectivity index (χ4v) is 6.44. The van der Waals surface area contributed by atoms with Crippen LogP contribution in [0.15, 0.2) is 54.6 Å². The van der Waals surface area contributed by atoms with Crippen LogP contribution in [0.2, 0.25) is 5.02 Å². The highest BCUT2D eigenvalue weighted by molar-refractivity contribution is 6.32. The quantitative estimate of drug-likeness (QED) is 0.586. The topological polar surface area (TPSA) is 60.9 Å². The number of hydrogen-bond donors (Lipinski definition) is 0. The van der Waals surface area contributed by atoms with E-state index in [1.165, 1.54) is 4.90 Å². The minimum atomic E-state index is -1.26. The first-order valence-corrected chi connectivity index (χ1v) is 12.9. The molecule has 7 heteroatoms. The standard InChI is InChI=1S/C28H32ClN3O3/c1-30-15-16-31(24(19-30)20-9-3-2-4-10-20)25(33)17-28(22-13-7-8-14-23(22)29)18-26(34)32(27(28)35)21-11-5-6-12-21/h2-4,7-10,13-14,21,24H,5-6,11-12,15-19H2,1H3/t24-,28?/m1/s1. The highest BCUT2D eigenvalue weighted by Gasteiger charge is 2.56. The number of hydrogen-bond acceptors (Lipinski definition) is 4. The van der Waals surface area contributed by atoms with E-state index in [4.69, 9.17) is 11.6 Å². The predicted molar refractivity (Wildman–Crippen MR) is 135 cm³/mol. The minimum absolute atomic E-state index is 0.0123. The first-order chi connectivity index (χ1) is 16.9. The Morgan fingerprint density at radius 3 is 2.40 bits per heavy atom. The summed E-state index contributed by atoms with van der Waals surface area (Å²) in [5.74, 6) is -0.560. The Hall–Kier alpha value is -2.70. The van der Waals surface area contributed by atoms with Crippen molar-refractivity contribution in [2.45, 2.75) is 56.0 Å². The lowest BCUT2D eigenvalue weighted by atomic mass is 9.75. The second-order valence-corrected chi connectivity index (χ2v) is 10.6. The van der Waals surface area contributed by atoms with Crippen LogP contribution in [0.4, 0.5) is 0 Å². The molecule has 0 aromatic heterocycles. The molecule has 2 aromatic carbocycles. The van der Waals surface area contributed by atoms with E-state index in [1.807, 2.05) is 47.4 Å². The van der Waals surface area contributed by atoms with Gasteiger partial charge in [-0.05, 0) is 37.1 Å². The van der Waals surface area contributed by atoms with Crippen LogP contribution in [0.3, 0.4) is 0 Å². The number of imide groups is 1. The number of amides is 3. The maximum Gasteiger partial charge on any atom is 0.241 e. The van der Waals surface area contributed by atoms with Crippen LogP contribution in [0.5, 0.6) is 0 Å². The third kappa shape index (κ3) is 4.38. The normalized spacial score (nSPS) is 26.1. The van der Waals surface area contributed by atoms with Crippen molar-refractivity contribution < 1.29 is 14.4 Å². The van der Waals surface area contributed by atoms with Crippen molar-refractivity contribution in [2.75, 3.05) is 26.7 Å². The summed E-state index contributed by atoms with van der Waals surface area (Å²) in [7, 11) is 2.06. The Kier molecular flexibility index (Phi) is 6.69. The van der Waals surface area contributed by atoms with E-state index in [9.17, 15) is 14.4 Å². The molecule has 3 amide bonds. The zero-order chi connectivity index (χ0) is 24.6. The van der Waals surface area contributed by atoms with Gasteiger partial charge in [0.1, 0.15) is 0 Å². The van der Waals surface area contributed by atoms with Gasteiger partial charge in [0.2, 0.25) is 17.7 Å². The summed E-state index contributed by atoms with van der Waals surface area (Å²) in [5, 5.41) is 0.424. The van der Waals surface area contributed by atoms with E-state index in [1.54, 1.807) is 12.1 Å². The van der Waals surface area contributed by atoms with Gasteiger partial charge in [-0.1, -0.05) is 73.0 Å². The number of likely N-dealkylation sites (N-methyl/N-ethyl adjacent to an activating group) is 1. The van der Waals surface area contributed by atoms with E-state index >= 15 is 0 Å². The minimum Gasteiger partial charge on any atom is -0.333 e. The number of halogens is 1. The predicted octanol–water partition coefficient (Wildman–Crippen LogP) is 4.18. The molecule has 1 aliphatic carbocycles. The third-order valence-corrected chi connectivity index (χ3v) is 8.30. The highest BCUT2D eigenvalue weighted by Crippen LogP contribution is 2.45. The van der Waals surface area contributed by atoms with Crippen molar-refractivity contribution in [1.82, 2.24) is 14.7 Å². The average molecular weight is 494 g/mol. The summed E-state index contributed by atoms with van der Waals surface area (Å²) < 4.78 is 0. The van der Waals surface area contributed by atoms with E-state index in [0.29, 0.717) is 17.1 Å². The second kappa shape index (κ2) is 9.75. The fraction of sp³-hybridized carbons (Fsp3) is 0.464. The second-order valence-electron chi connectivity index (χ2n) is 10.2. The molecule has 1 unspecified atom stereocenters. The third-order valence-electron chi connectivity index (χ3n) is 7.97. The van der Waals surface area contributed by atoms with Gasteiger partial charge in [0.25, 0.3) is 0 Å². The van der Waals surface area contributed by atoms with Gasteiger partial charge in [0, 0.05) is 43.5 Å². The van der Waals surface area contributed by atoms with Gasteiger partial charge in [-0.15, -0.1) is 0 Å². The molecule has 184 valence electrons. The smallest absolute Gasteiger partial charge is 0.241 e. The Bertz CT molecular complexity index is 1120. The maximum absolute atomic E-state index is 14.1. The van der Waals surface area contributed by atoms with Gasteiger partial charge in [0.15, 0.2) is 0 Å². The maximum atomic E-state index is 14.1. The van der Waals surface area contributed by atoms with Crippen LogP contribution < -0.4 is 0 Å². The van der Waals surface area contributed by atoms with Gasteiger partial charge < -0.3 is 9.80 Å². The molecule has 3 aliphatic rings. The Morgan fingerprint density at radius 1 is 1.00 bits per heavy atom. The molecule has 0 N–H and O–H groups in total. The first-order valence-electron chi connectivity index (χ1n) is 12.6. The zero-order valence-electron chi connectivity index (χ0n) is 20.2. The van der Waals surface area contributed by atoms with Crippen molar-refractivity contribution in [2.24, 2.45) is 0 Å². The molecule has 2 aliphatic heterocycles. The molecule has 6 nitrogen and oxygen atoms in total. The SMILES string of the molecule is CN1CCN(C(=O)CC2(c3ccccc3Cl)CC(=O)N(C3CCCC3)C2=O)[C@@H](c2ccccc2)C1. The molecule has 0 bridgehead atoms. The van der Waals surface area contributed by atoms with Gasteiger partial charge in [-0.25, -0.2) is 0 Å². The van der Waals surface area contributed by atoms with E-state index in [2.05, 4.69) is 11.9 Å². The number of rotatable bonds is 5. The molecule has 2 atom stereocenters. The summed E-state index contributed by atoms with van der Waals surface area (Å²) in [6.07, 6.45) is 3.62. The van der Waals surface area contributed by atoms with Crippen molar-refractivity contribution in [3.8, 4) is 0 Å². The summed E-state index contributed by atoms with van der Waals surface area (Å²) in [5.41, 5.74) is 0.388.